The van der Waals surface area contributed by atoms with Gasteiger partial charge in [-0.1, -0.05) is 18.2 Å². The van der Waals surface area contributed by atoms with Gasteiger partial charge in [-0.2, -0.15) is 0 Å². The smallest absolute Gasteiger partial charge is 0.233 e. The highest BCUT2D eigenvalue weighted by Crippen LogP contribution is 2.10. The summed E-state index contributed by atoms with van der Waals surface area (Å²) in [5.74, 6) is 0.989. The molecule has 0 spiro atoms. The van der Waals surface area contributed by atoms with E-state index in [1.165, 1.54) is 0 Å². The molecule has 0 saturated carbocycles. The van der Waals surface area contributed by atoms with Gasteiger partial charge in [0.25, 0.3) is 0 Å². The molecule has 1 aromatic carbocycles. The number of nitrogens with zero attached hydrogens (tertiary/aromatic N) is 2. The van der Waals surface area contributed by atoms with Crippen LogP contribution in [-0.2, 0) is 7.05 Å². The molecule has 0 aliphatic heterocycles. The first kappa shape index (κ1) is 7.92. The molecular formula is C11H11N2+. The van der Waals surface area contributed by atoms with Crippen molar-refractivity contribution in [3.05, 3.63) is 48.8 Å². The Morgan fingerprint density at radius 1 is 1.08 bits per heavy atom. The predicted octanol–water partition coefficient (Wildman–Crippen LogP) is 1.57. The SMILES string of the molecule is C[n+]1cccnc1-c1ccccc1. The fourth-order valence-electron chi connectivity index (χ4n) is 1.31. The lowest BCUT2D eigenvalue weighted by Crippen LogP contribution is -2.31. The maximum Gasteiger partial charge on any atom is 0.329 e. The van der Waals surface area contributed by atoms with Gasteiger partial charge in [-0.15, -0.1) is 0 Å². The Kier molecular flexibility index (Phi) is 2.04. The minimum Gasteiger partial charge on any atom is -0.233 e. The molecule has 2 rings (SSSR count). The standard InChI is InChI=1S/C11H11N2/c1-13-9-5-8-12-11(13)10-6-3-2-4-7-10/h2-9H,1H3/q+1. The first-order valence-electron chi connectivity index (χ1n) is 4.24. The number of benzene rings is 1. The molecule has 0 atom stereocenters. The van der Waals surface area contributed by atoms with Crippen LogP contribution in [0.1, 0.15) is 0 Å². The first-order chi connectivity index (χ1) is 6.38. The average Bonchev–Trinajstić information content (AvgIpc) is 2.20. The predicted molar refractivity (Wildman–Crippen MR) is 50.8 cm³/mol. The fourth-order valence-corrected chi connectivity index (χ4v) is 1.31. The molecule has 2 aromatic rings. The third kappa shape index (κ3) is 1.56. The summed E-state index contributed by atoms with van der Waals surface area (Å²) in [6.07, 6.45) is 3.80. The third-order valence-corrected chi connectivity index (χ3v) is 1.96. The van der Waals surface area contributed by atoms with Crippen LogP contribution in [-0.4, -0.2) is 4.98 Å². The monoisotopic (exact) mass is 171 g/mol. The Hall–Kier alpha value is -1.70. The molecule has 0 aliphatic rings. The Morgan fingerprint density at radius 3 is 2.54 bits per heavy atom. The maximum absolute atomic E-state index is 4.31. The van der Waals surface area contributed by atoms with E-state index in [4.69, 9.17) is 0 Å². The van der Waals surface area contributed by atoms with E-state index >= 15 is 0 Å². The quantitative estimate of drug-likeness (QED) is 0.595. The second-order valence-electron chi connectivity index (χ2n) is 2.92. The van der Waals surface area contributed by atoms with Gasteiger partial charge in [0.1, 0.15) is 6.20 Å². The molecule has 2 heteroatoms. The van der Waals surface area contributed by atoms with Crippen LogP contribution in [0.25, 0.3) is 11.4 Å². The lowest BCUT2D eigenvalue weighted by molar-refractivity contribution is -0.663. The van der Waals surface area contributed by atoms with Crippen LogP contribution in [0.5, 0.6) is 0 Å². The summed E-state index contributed by atoms with van der Waals surface area (Å²) in [6.45, 7) is 0. The Morgan fingerprint density at radius 2 is 1.85 bits per heavy atom. The molecule has 1 heterocycles. The van der Waals surface area contributed by atoms with Gasteiger partial charge in [-0.3, -0.25) is 0 Å². The van der Waals surface area contributed by atoms with Crippen molar-refractivity contribution in [1.82, 2.24) is 4.98 Å². The van der Waals surface area contributed by atoms with Crippen LogP contribution in [0.15, 0.2) is 48.8 Å². The largest absolute Gasteiger partial charge is 0.329 e. The third-order valence-electron chi connectivity index (χ3n) is 1.96. The molecule has 0 radical (unpaired) electrons. The highest BCUT2D eigenvalue weighted by molar-refractivity contribution is 5.50. The second-order valence-corrected chi connectivity index (χ2v) is 2.92. The lowest BCUT2D eigenvalue weighted by atomic mass is 10.2. The van der Waals surface area contributed by atoms with Crippen LogP contribution in [0.3, 0.4) is 0 Å². The molecule has 0 bridgehead atoms. The van der Waals surface area contributed by atoms with Crippen LogP contribution in [0.2, 0.25) is 0 Å². The number of hydrogen-bond donors (Lipinski definition) is 0. The van der Waals surface area contributed by atoms with Gasteiger partial charge in [-0.05, 0) is 17.1 Å². The van der Waals surface area contributed by atoms with E-state index in [1.807, 2.05) is 48.3 Å². The molecule has 1 aromatic heterocycles. The topological polar surface area (TPSA) is 16.8 Å². The number of hydrogen-bond acceptors (Lipinski definition) is 1. The van der Waals surface area contributed by atoms with Gasteiger partial charge in [0.15, 0.2) is 0 Å². The molecule has 2 nitrogen and oxygen atoms in total. The highest BCUT2D eigenvalue weighted by Gasteiger charge is 2.08. The van der Waals surface area contributed by atoms with Gasteiger partial charge >= 0.3 is 5.82 Å². The maximum atomic E-state index is 4.31. The van der Waals surface area contributed by atoms with Gasteiger partial charge < -0.3 is 0 Å². The lowest BCUT2D eigenvalue weighted by Gasteiger charge is -1.96. The number of rotatable bonds is 1. The summed E-state index contributed by atoms with van der Waals surface area (Å²) < 4.78 is 2.01. The van der Waals surface area contributed by atoms with Crippen molar-refractivity contribution >= 4 is 0 Å². The van der Waals surface area contributed by atoms with Crippen molar-refractivity contribution in [2.75, 3.05) is 0 Å². The molecule has 0 fully saturated rings. The summed E-state index contributed by atoms with van der Waals surface area (Å²) in [4.78, 5) is 4.31. The van der Waals surface area contributed by atoms with Crippen LogP contribution in [0, 0.1) is 0 Å². The zero-order valence-electron chi connectivity index (χ0n) is 7.51. The molecule has 0 amide bonds. The summed E-state index contributed by atoms with van der Waals surface area (Å²) in [5, 5.41) is 0. The van der Waals surface area contributed by atoms with Crippen molar-refractivity contribution in [3.63, 3.8) is 0 Å². The Balaban J connectivity index is 2.54. The summed E-state index contributed by atoms with van der Waals surface area (Å²) >= 11 is 0. The van der Waals surface area contributed by atoms with Crippen LogP contribution < -0.4 is 4.57 Å². The molecule has 0 N–H and O–H groups in total. The van der Waals surface area contributed by atoms with E-state index in [-0.39, 0.29) is 0 Å². The molecule has 13 heavy (non-hydrogen) atoms. The van der Waals surface area contributed by atoms with E-state index in [9.17, 15) is 0 Å². The van der Waals surface area contributed by atoms with Crippen molar-refractivity contribution in [1.29, 1.82) is 0 Å². The van der Waals surface area contributed by atoms with E-state index in [2.05, 4.69) is 17.1 Å². The minimum atomic E-state index is 0.989. The molecule has 0 saturated heterocycles. The van der Waals surface area contributed by atoms with Gasteiger partial charge in [0.05, 0.1) is 18.8 Å². The van der Waals surface area contributed by atoms with Crippen LogP contribution >= 0.6 is 0 Å². The number of aryl methyl sites for hydroxylation is 1. The molecule has 64 valence electrons. The zero-order chi connectivity index (χ0) is 9.10. The number of aromatic nitrogens is 2. The first-order valence-corrected chi connectivity index (χ1v) is 4.24. The summed E-state index contributed by atoms with van der Waals surface area (Å²) in [7, 11) is 2.00. The minimum absolute atomic E-state index is 0.989. The van der Waals surface area contributed by atoms with Gasteiger partial charge in [0, 0.05) is 6.07 Å². The van der Waals surface area contributed by atoms with E-state index in [0.717, 1.165) is 11.4 Å². The summed E-state index contributed by atoms with van der Waals surface area (Å²) in [5.41, 5.74) is 1.14. The second kappa shape index (κ2) is 3.35. The molecule has 0 aliphatic carbocycles. The summed E-state index contributed by atoms with van der Waals surface area (Å²) in [6, 6.07) is 12.1. The molecular weight excluding hydrogens is 160 g/mol. The molecule has 0 unspecified atom stereocenters. The van der Waals surface area contributed by atoms with E-state index in [0.29, 0.717) is 0 Å². The average molecular weight is 171 g/mol. The highest BCUT2D eigenvalue weighted by atomic mass is 15.0. The van der Waals surface area contributed by atoms with E-state index < -0.39 is 0 Å². The fraction of sp³-hybridized carbons (Fsp3) is 0.0909. The van der Waals surface area contributed by atoms with Crippen molar-refractivity contribution in [3.8, 4) is 11.4 Å². The zero-order valence-corrected chi connectivity index (χ0v) is 7.51. The van der Waals surface area contributed by atoms with Crippen molar-refractivity contribution in [2.24, 2.45) is 7.05 Å². The normalized spacial score (nSPS) is 9.92. The van der Waals surface area contributed by atoms with Gasteiger partial charge in [0.2, 0.25) is 0 Å². The van der Waals surface area contributed by atoms with Crippen LogP contribution in [0.4, 0.5) is 0 Å². The van der Waals surface area contributed by atoms with Gasteiger partial charge in [-0.25, -0.2) is 4.57 Å². The Bertz CT molecular complexity index is 396. The van der Waals surface area contributed by atoms with Crippen molar-refractivity contribution in [2.45, 2.75) is 0 Å². The van der Waals surface area contributed by atoms with Crippen molar-refractivity contribution < 1.29 is 4.57 Å². The Labute approximate surface area is 77.5 Å². The van der Waals surface area contributed by atoms with E-state index in [1.54, 1.807) is 0 Å².